The minimum absolute atomic E-state index is 0. The molecule has 1 heterocycles. The van der Waals surface area contributed by atoms with Crippen LogP contribution in [0.1, 0.15) is 30.9 Å². The average Bonchev–Trinajstić information content (AvgIpc) is 2.59. The number of rotatable bonds is 4. The molecule has 2 aliphatic rings. The van der Waals surface area contributed by atoms with Crippen molar-refractivity contribution in [1.82, 2.24) is 10.2 Å². The van der Waals surface area contributed by atoms with Crippen molar-refractivity contribution in [2.24, 2.45) is 0 Å². The van der Waals surface area contributed by atoms with Gasteiger partial charge in [-0.1, -0.05) is 31.2 Å². The third-order valence-electron chi connectivity index (χ3n) is 4.71. The fourth-order valence-electron chi connectivity index (χ4n) is 3.57. The first-order valence-corrected chi connectivity index (χ1v) is 8.49. The number of nitrogens with one attached hydrogen (secondary N) is 1. The predicted molar refractivity (Wildman–Crippen MR) is 94.1 cm³/mol. The number of benzene rings is 1. The van der Waals surface area contributed by atoms with Crippen LogP contribution in [0.2, 0.25) is 0 Å². The van der Waals surface area contributed by atoms with Crippen molar-refractivity contribution in [1.29, 1.82) is 0 Å². The van der Waals surface area contributed by atoms with Crippen molar-refractivity contribution in [2.45, 2.75) is 44.8 Å². The highest BCUT2D eigenvalue weighted by atomic mass is 35.5. The summed E-state index contributed by atoms with van der Waals surface area (Å²) in [5, 5.41) is 3.26. The Hall–Kier alpha value is -1.10. The van der Waals surface area contributed by atoms with E-state index in [1.54, 1.807) is 0 Å². The van der Waals surface area contributed by atoms with Gasteiger partial charge in [-0.2, -0.15) is 0 Å². The molecule has 3 rings (SSSR count). The summed E-state index contributed by atoms with van der Waals surface area (Å²) in [4.78, 5) is 14.9. The number of hydrogen-bond donors (Lipinski definition) is 1. The van der Waals surface area contributed by atoms with Crippen molar-refractivity contribution in [2.75, 3.05) is 26.2 Å². The van der Waals surface area contributed by atoms with Crippen LogP contribution in [0.15, 0.2) is 24.3 Å². The first kappa shape index (κ1) is 18.2. The quantitative estimate of drug-likeness (QED) is 0.915. The Morgan fingerprint density at radius 1 is 1.35 bits per heavy atom. The van der Waals surface area contributed by atoms with Gasteiger partial charge in [0, 0.05) is 25.7 Å². The third kappa shape index (κ3) is 4.25. The van der Waals surface area contributed by atoms with Crippen LogP contribution in [0.4, 0.5) is 0 Å². The van der Waals surface area contributed by atoms with E-state index in [2.05, 4.69) is 41.4 Å². The molecule has 23 heavy (non-hydrogen) atoms. The fraction of sp³-hybridized carbons (Fsp3) is 0.611. The average molecular weight is 339 g/mol. The Balaban J connectivity index is 0.00000192. The number of carbonyl (C=O) groups is 1. The maximum absolute atomic E-state index is 12.9. The van der Waals surface area contributed by atoms with Crippen molar-refractivity contribution >= 4 is 18.3 Å². The highest BCUT2D eigenvalue weighted by Crippen LogP contribution is 2.25. The molecule has 1 aromatic rings. The molecule has 1 aliphatic carbocycles. The molecule has 1 fully saturated rings. The predicted octanol–water partition coefficient (Wildman–Crippen LogP) is 2.19. The van der Waals surface area contributed by atoms with Crippen LogP contribution < -0.4 is 5.32 Å². The zero-order chi connectivity index (χ0) is 15.4. The molecule has 1 aliphatic heterocycles. The largest absolute Gasteiger partial charge is 0.366 e. The van der Waals surface area contributed by atoms with Gasteiger partial charge >= 0.3 is 0 Å². The van der Waals surface area contributed by atoms with Gasteiger partial charge in [-0.3, -0.25) is 4.79 Å². The van der Waals surface area contributed by atoms with E-state index in [1.165, 1.54) is 11.1 Å². The van der Waals surface area contributed by atoms with Crippen LogP contribution in [0.25, 0.3) is 0 Å². The Kier molecular flexibility index (Phi) is 6.88. The Morgan fingerprint density at radius 2 is 2.13 bits per heavy atom. The van der Waals surface area contributed by atoms with Gasteiger partial charge in [0.2, 0.25) is 0 Å². The molecule has 5 heteroatoms. The molecule has 0 saturated carbocycles. The maximum atomic E-state index is 12.9. The van der Waals surface area contributed by atoms with Gasteiger partial charge in [0.15, 0.2) is 0 Å². The number of carbonyl (C=O) groups excluding carboxylic acids is 1. The number of amides is 1. The molecular weight excluding hydrogens is 312 g/mol. The van der Waals surface area contributed by atoms with Crippen molar-refractivity contribution in [3.63, 3.8) is 0 Å². The van der Waals surface area contributed by atoms with Crippen molar-refractivity contribution < 1.29 is 9.53 Å². The van der Waals surface area contributed by atoms with Gasteiger partial charge in [-0.25, -0.2) is 0 Å². The smallest absolute Gasteiger partial charge is 0.253 e. The SMILES string of the molecule is CCCN(C(=O)C1CNCCO1)C1CCc2ccccc2C1.Cl. The van der Waals surface area contributed by atoms with Crippen LogP contribution in [0, 0.1) is 0 Å². The number of nitrogens with zero attached hydrogens (tertiary/aromatic N) is 1. The lowest BCUT2D eigenvalue weighted by atomic mass is 9.87. The molecule has 0 spiro atoms. The van der Waals surface area contributed by atoms with E-state index >= 15 is 0 Å². The molecule has 1 amide bonds. The van der Waals surface area contributed by atoms with Crippen LogP contribution in [0.5, 0.6) is 0 Å². The molecule has 128 valence electrons. The van der Waals surface area contributed by atoms with Crippen LogP contribution in [0.3, 0.4) is 0 Å². The van der Waals surface area contributed by atoms with E-state index in [0.717, 1.165) is 38.8 Å². The Bertz CT molecular complexity index is 517. The highest BCUT2D eigenvalue weighted by molar-refractivity contribution is 5.85. The van der Waals surface area contributed by atoms with Gasteiger partial charge < -0.3 is 15.0 Å². The van der Waals surface area contributed by atoms with E-state index in [9.17, 15) is 4.79 Å². The summed E-state index contributed by atoms with van der Waals surface area (Å²) in [5.74, 6) is 0.165. The second kappa shape index (κ2) is 8.67. The van der Waals surface area contributed by atoms with Crippen molar-refractivity contribution in [3.05, 3.63) is 35.4 Å². The van der Waals surface area contributed by atoms with E-state index in [1.807, 2.05) is 0 Å². The van der Waals surface area contributed by atoms with E-state index in [-0.39, 0.29) is 24.4 Å². The molecular formula is C18H27ClN2O2. The molecule has 2 unspecified atom stereocenters. The highest BCUT2D eigenvalue weighted by Gasteiger charge is 2.32. The summed E-state index contributed by atoms with van der Waals surface area (Å²) in [5.41, 5.74) is 2.84. The first-order chi connectivity index (χ1) is 10.8. The second-order valence-corrected chi connectivity index (χ2v) is 6.26. The van der Waals surface area contributed by atoms with E-state index in [4.69, 9.17) is 4.74 Å². The molecule has 1 saturated heterocycles. The molecule has 1 N–H and O–H groups in total. The summed E-state index contributed by atoms with van der Waals surface area (Å²) in [7, 11) is 0. The lowest BCUT2D eigenvalue weighted by Crippen LogP contribution is -2.53. The summed E-state index contributed by atoms with van der Waals surface area (Å²) in [6.45, 7) is 5.07. The first-order valence-electron chi connectivity index (χ1n) is 8.49. The summed E-state index contributed by atoms with van der Waals surface area (Å²) < 4.78 is 5.67. The molecule has 0 bridgehead atoms. The van der Waals surface area contributed by atoms with E-state index in [0.29, 0.717) is 19.2 Å². The normalized spacial score (nSPS) is 23.5. The zero-order valence-corrected chi connectivity index (χ0v) is 14.6. The number of aryl methyl sites for hydroxylation is 1. The second-order valence-electron chi connectivity index (χ2n) is 6.26. The van der Waals surface area contributed by atoms with Crippen LogP contribution in [-0.2, 0) is 22.4 Å². The van der Waals surface area contributed by atoms with Gasteiger partial charge in [-0.15, -0.1) is 12.4 Å². The molecule has 1 aromatic carbocycles. The van der Waals surface area contributed by atoms with E-state index < -0.39 is 0 Å². The van der Waals surface area contributed by atoms with Gasteiger partial charge in [0.25, 0.3) is 5.91 Å². The minimum Gasteiger partial charge on any atom is -0.366 e. The summed E-state index contributed by atoms with van der Waals surface area (Å²) in [6, 6.07) is 8.94. The van der Waals surface area contributed by atoms with Crippen molar-refractivity contribution in [3.8, 4) is 0 Å². The topological polar surface area (TPSA) is 41.6 Å². The lowest BCUT2D eigenvalue weighted by molar-refractivity contribution is -0.148. The fourth-order valence-corrected chi connectivity index (χ4v) is 3.57. The molecule has 4 nitrogen and oxygen atoms in total. The number of ether oxygens (including phenoxy) is 1. The number of halogens is 1. The third-order valence-corrected chi connectivity index (χ3v) is 4.71. The number of fused-ring (bicyclic) bond motifs is 1. The molecule has 0 aromatic heterocycles. The van der Waals surface area contributed by atoms with Crippen LogP contribution in [-0.4, -0.2) is 49.2 Å². The molecule has 0 radical (unpaired) electrons. The number of morpholine rings is 1. The standard InChI is InChI=1S/C18H26N2O2.ClH/c1-2-10-20(18(21)17-13-19-9-11-22-17)16-8-7-14-5-3-4-6-15(14)12-16;/h3-6,16-17,19H,2,7-13H2,1H3;1H. The zero-order valence-electron chi connectivity index (χ0n) is 13.8. The number of hydrogen-bond acceptors (Lipinski definition) is 3. The van der Waals surface area contributed by atoms with Gasteiger partial charge in [0.05, 0.1) is 6.61 Å². The van der Waals surface area contributed by atoms with Crippen LogP contribution >= 0.6 is 12.4 Å². The molecule has 2 atom stereocenters. The lowest BCUT2D eigenvalue weighted by Gasteiger charge is -2.38. The monoisotopic (exact) mass is 338 g/mol. The summed E-state index contributed by atoms with van der Waals surface area (Å²) in [6.07, 6.45) is 3.78. The Morgan fingerprint density at radius 3 is 2.83 bits per heavy atom. The van der Waals surface area contributed by atoms with Gasteiger partial charge in [-0.05, 0) is 36.8 Å². The summed E-state index contributed by atoms with van der Waals surface area (Å²) >= 11 is 0. The maximum Gasteiger partial charge on any atom is 0.253 e. The van der Waals surface area contributed by atoms with Gasteiger partial charge in [0.1, 0.15) is 6.10 Å². The Labute approximate surface area is 145 Å². The minimum atomic E-state index is -0.308.